The minimum absolute atomic E-state index is 0.0341. The molecule has 0 radical (unpaired) electrons. The molecule has 0 amide bonds. The van der Waals surface area contributed by atoms with E-state index in [1.807, 2.05) is 30.3 Å². The molecule has 0 unspecified atom stereocenters. The summed E-state index contributed by atoms with van der Waals surface area (Å²) in [7, 11) is -0.876. The molecule has 1 aromatic rings. The van der Waals surface area contributed by atoms with Crippen molar-refractivity contribution in [2.75, 3.05) is 13.7 Å². The number of rotatable bonds is 10. The largest absolute Gasteiger partial charge is 0.468 e. The number of Topliss-reactive ketones (excluding diaryl/α,β-unsaturated/α-hetero) is 1. The Hall–Kier alpha value is -1.50. The van der Waals surface area contributed by atoms with E-state index in [4.69, 9.17) is 13.9 Å². The van der Waals surface area contributed by atoms with Crippen molar-refractivity contribution in [3.63, 3.8) is 0 Å². The molecular weight excluding hydrogens is 360 g/mol. The molecule has 0 aliphatic carbocycles. The summed E-state index contributed by atoms with van der Waals surface area (Å²) >= 11 is 0. The number of methoxy groups -OCH3 is 1. The monoisotopic (exact) mass is 394 g/mol. The number of carbonyl (C=O) groups is 2. The lowest BCUT2D eigenvalue weighted by molar-refractivity contribution is -0.153. The number of hydrogen-bond acceptors (Lipinski definition) is 5. The lowest BCUT2D eigenvalue weighted by atomic mass is 9.96. The minimum Gasteiger partial charge on any atom is -0.468 e. The van der Waals surface area contributed by atoms with Crippen LogP contribution >= 0.6 is 0 Å². The van der Waals surface area contributed by atoms with Gasteiger partial charge in [-0.05, 0) is 37.0 Å². The zero-order valence-corrected chi connectivity index (χ0v) is 18.7. The first-order chi connectivity index (χ1) is 12.5. The molecule has 5 nitrogen and oxygen atoms in total. The van der Waals surface area contributed by atoms with Gasteiger partial charge < -0.3 is 13.9 Å². The topological polar surface area (TPSA) is 61.8 Å². The predicted molar refractivity (Wildman–Crippen MR) is 109 cm³/mol. The fraction of sp³-hybridized carbons (Fsp3) is 0.619. The van der Waals surface area contributed by atoms with Crippen LogP contribution in [0.4, 0.5) is 0 Å². The third-order valence-corrected chi connectivity index (χ3v) is 9.68. The van der Waals surface area contributed by atoms with Gasteiger partial charge in [0.1, 0.15) is 11.7 Å². The van der Waals surface area contributed by atoms with Gasteiger partial charge in [-0.25, -0.2) is 0 Å². The van der Waals surface area contributed by atoms with E-state index in [0.29, 0.717) is 19.6 Å². The van der Waals surface area contributed by atoms with Gasteiger partial charge in [0, 0.05) is 6.61 Å². The van der Waals surface area contributed by atoms with E-state index >= 15 is 0 Å². The first-order valence-electron chi connectivity index (χ1n) is 9.37. The van der Waals surface area contributed by atoms with E-state index in [1.165, 1.54) is 14.0 Å². The molecule has 0 saturated heterocycles. The van der Waals surface area contributed by atoms with E-state index < -0.39 is 26.3 Å². The van der Waals surface area contributed by atoms with Crippen molar-refractivity contribution >= 4 is 20.1 Å². The summed E-state index contributed by atoms with van der Waals surface area (Å²) < 4.78 is 17.1. The molecule has 0 heterocycles. The summed E-state index contributed by atoms with van der Waals surface area (Å²) in [5, 5.41) is -0.0341. The second-order valence-corrected chi connectivity index (χ2v) is 13.1. The Bertz CT molecular complexity index is 607. The van der Waals surface area contributed by atoms with Gasteiger partial charge >= 0.3 is 5.97 Å². The molecule has 0 N–H and O–H groups in total. The highest BCUT2D eigenvalue weighted by atomic mass is 28.4. The number of hydrogen-bond donors (Lipinski definition) is 0. The highest BCUT2D eigenvalue weighted by molar-refractivity contribution is 6.74. The van der Waals surface area contributed by atoms with Gasteiger partial charge in [-0.3, -0.25) is 9.59 Å². The first-order valence-corrected chi connectivity index (χ1v) is 12.3. The Kier molecular flexibility index (Phi) is 8.85. The zero-order valence-electron chi connectivity index (χ0n) is 17.7. The van der Waals surface area contributed by atoms with Crippen LogP contribution in [0.2, 0.25) is 18.1 Å². The summed E-state index contributed by atoms with van der Waals surface area (Å²) in [5.41, 5.74) is 1.08. The van der Waals surface area contributed by atoms with Gasteiger partial charge in [-0.2, -0.15) is 0 Å². The number of benzene rings is 1. The van der Waals surface area contributed by atoms with Gasteiger partial charge in [0.05, 0.1) is 19.8 Å². The first kappa shape index (κ1) is 23.5. The maximum Gasteiger partial charge on any atom is 0.318 e. The van der Waals surface area contributed by atoms with Crippen LogP contribution in [-0.4, -0.2) is 39.9 Å². The Balaban J connectivity index is 2.86. The normalized spacial score (nSPS) is 14.5. The highest BCUT2D eigenvalue weighted by Gasteiger charge is 2.43. The van der Waals surface area contributed by atoms with Gasteiger partial charge in [-0.1, -0.05) is 51.1 Å². The lowest BCUT2D eigenvalue weighted by Gasteiger charge is -2.40. The Morgan fingerprint density at radius 2 is 1.70 bits per heavy atom. The zero-order chi connectivity index (χ0) is 20.7. The Morgan fingerprint density at radius 1 is 1.11 bits per heavy atom. The number of ether oxygens (including phenoxy) is 2. The third-order valence-electron chi connectivity index (χ3n) is 5.18. The molecule has 0 fully saturated rings. The predicted octanol–water partition coefficient (Wildman–Crippen LogP) is 4.36. The molecule has 0 aliphatic rings. The molecule has 0 saturated carbocycles. The van der Waals surface area contributed by atoms with Crippen LogP contribution in [0.25, 0.3) is 0 Å². The van der Waals surface area contributed by atoms with E-state index in [2.05, 4.69) is 33.9 Å². The molecule has 6 heteroatoms. The van der Waals surface area contributed by atoms with Gasteiger partial charge in [-0.15, -0.1) is 0 Å². The number of carbonyl (C=O) groups excluding carboxylic acids is 2. The molecule has 152 valence electrons. The van der Waals surface area contributed by atoms with Crippen LogP contribution < -0.4 is 0 Å². The van der Waals surface area contributed by atoms with Crippen molar-refractivity contribution in [2.24, 2.45) is 5.92 Å². The quantitative estimate of drug-likeness (QED) is 0.255. The van der Waals surface area contributed by atoms with Crippen molar-refractivity contribution in [3.05, 3.63) is 35.9 Å². The van der Waals surface area contributed by atoms with E-state index in [-0.39, 0.29) is 10.8 Å². The maximum atomic E-state index is 12.2. The Morgan fingerprint density at radius 3 is 2.19 bits per heavy atom. The molecule has 0 spiro atoms. The lowest BCUT2D eigenvalue weighted by Crippen LogP contribution is -2.49. The summed E-state index contributed by atoms with van der Waals surface area (Å²) in [4.78, 5) is 24.4. The van der Waals surface area contributed by atoms with Crippen LogP contribution in [0.1, 0.15) is 39.7 Å². The minimum atomic E-state index is -2.17. The van der Waals surface area contributed by atoms with Crippen LogP contribution in [0.15, 0.2) is 30.3 Å². The van der Waals surface area contributed by atoms with Crippen molar-refractivity contribution in [1.29, 1.82) is 0 Å². The van der Waals surface area contributed by atoms with Crippen molar-refractivity contribution in [3.8, 4) is 0 Å². The molecule has 0 bridgehead atoms. The average molecular weight is 395 g/mol. The fourth-order valence-corrected chi connectivity index (χ4v) is 3.88. The van der Waals surface area contributed by atoms with Crippen LogP contribution in [-0.2, 0) is 30.1 Å². The summed E-state index contributed by atoms with van der Waals surface area (Å²) in [6.07, 6.45) is -0.0924. The van der Waals surface area contributed by atoms with Crippen molar-refractivity contribution in [1.82, 2.24) is 0 Å². The Labute approximate surface area is 164 Å². The fourth-order valence-electron chi connectivity index (χ4n) is 2.52. The van der Waals surface area contributed by atoms with Crippen molar-refractivity contribution < 1.29 is 23.5 Å². The summed E-state index contributed by atoms with van der Waals surface area (Å²) in [5.74, 6) is -1.72. The van der Waals surface area contributed by atoms with Crippen molar-refractivity contribution in [2.45, 2.75) is 65.0 Å². The molecule has 0 aliphatic heterocycles. The molecular formula is C21H34O5Si. The smallest absolute Gasteiger partial charge is 0.318 e. The van der Waals surface area contributed by atoms with Gasteiger partial charge in [0.15, 0.2) is 8.32 Å². The highest BCUT2D eigenvalue weighted by Crippen LogP contribution is 2.38. The molecule has 2 atom stereocenters. The van der Waals surface area contributed by atoms with E-state index in [9.17, 15) is 9.59 Å². The molecule has 1 rings (SSSR count). The second kappa shape index (κ2) is 10.2. The molecule has 27 heavy (non-hydrogen) atoms. The SMILES string of the molecule is COC(=O)[C@@H](C(C)=O)[C@@H](CCOCc1ccccc1)O[Si](C)(C)C(C)(C)C. The van der Waals surface area contributed by atoms with Gasteiger partial charge in [0.25, 0.3) is 0 Å². The van der Waals surface area contributed by atoms with Crippen LogP contribution in [0.3, 0.4) is 0 Å². The molecule has 1 aromatic carbocycles. The molecule has 0 aromatic heterocycles. The number of ketones is 1. The van der Waals surface area contributed by atoms with Crippen LogP contribution in [0.5, 0.6) is 0 Å². The second-order valence-electron chi connectivity index (χ2n) is 8.35. The third kappa shape index (κ3) is 7.20. The van der Waals surface area contributed by atoms with E-state index in [0.717, 1.165) is 5.56 Å². The maximum absolute atomic E-state index is 12.2. The van der Waals surface area contributed by atoms with Crippen LogP contribution in [0, 0.1) is 5.92 Å². The number of esters is 1. The summed E-state index contributed by atoms with van der Waals surface area (Å²) in [6, 6.07) is 9.88. The van der Waals surface area contributed by atoms with E-state index in [1.54, 1.807) is 0 Å². The summed E-state index contributed by atoms with van der Waals surface area (Å²) in [6.45, 7) is 12.9. The van der Waals surface area contributed by atoms with Gasteiger partial charge in [0.2, 0.25) is 0 Å². The standard InChI is InChI=1S/C21H34O5Si/c1-16(22)19(20(23)24-5)18(26-27(6,7)21(2,3)4)13-14-25-15-17-11-9-8-10-12-17/h8-12,18-19H,13-15H2,1-7H3/t18-,19+/m1/s1. The average Bonchev–Trinajstić information content (AvgIpc) is 2.57.